The van der Waals surface area contributed by atoms with E-state index in [1.165, 1.54) is 7.11 Å². The van der Waals surface area contributed by atoms with Crippen molar-refractivity contribution in [2.45, 2.75) is 13.5 Å². The van der Waals surface area contributed by atoms with Gasteiger partial charge in [0.05, 0.1) is 12.7 Å². The average molecular weight is 302 g/mol. The Labute approximate surface area is 128 Å². The van der Waals surface area contributed by atoms with Gasteiger partial charge in [0, 0.05) is 25.4 Å². The lowest BCUT2D eigenvalue weighted by Gasteiger charge is -2.06. The number of carbonyl (C=O) groups excluding carboxylic acids is 2. The zero-order valence-electron chi connectivity index (χ0n) is 12.7. The Hall–Kier alpha value is -2.83. The van der Waals surface area contributed by atoms with Crippen molar-refractivity contribution >= 4 is 17.8 Å². The maximum atomic E-state index is 11.8. The van der Waals surface area contributed by atoms with Crippen LogP contribution in [0.4, 0.5) is 10.6 Å². The van der Waals surface area contributed by atoms with Crippen molar-refractivity contribution in [1.29, 1.82) is 0 Å². The van der Waals surface area contributed by atoms with E-state index in [1.54, 1.807) is 42.1 Å². The fourth-order valence-corrected chi connectivity index (χ4v) is 1.84. The third-order valence-corrected chi connectivity index (χ3v) is 3.18. The summed E-state index contributed by atoms with van der Waals surface area (Å²) in [4.78, 5) is 23.1. The highest BCUT2D eigenvalue weighted by Crippen LogP contribution is 2.07. The van der Waals surface area contributed by atoms with Crippen LogP contribution in [0.25, 0.3) is 0 Å². The molecule has 2 rings (SSSR count). The molecule has 116 valence electrons. The molecule has 0 aliphatic heterocycles. The number of hydrogen-bond acceptors (Lipinski definition) is 4. The van der Waals surface area contributed by atoms with Gasteiger partial charge in [0.25, 0.3) is 0 Å². The van der Waals surface area contributed by atoms with Crippen molar-refractivity contribution in [1.82, 2.24) is 15.1 Å². The van der Waals surface area contributed by atoms with E-state index in [0.29, 0.717) is 17.9 Å². The maximum absolute atomic E-state index is 11.8. The van der Waals surface area contributed by atoms with Crippen molar-refractivity contribution in [2.24, 2.45) is 7.05 Å². The summed E-state index contributed by atoms with van der Waals surface area (Å²) < 4.78 is 6.31. The second-order valence-corrected chi connectivity index (χ2v) is 4.79. The van der Waals surface area contributed by atoms with Crippen molar-refractivity contribution in [3.05, 3.63) is 47.2 Å². The van der Waals surface area contributed by atoms with Crippen LogP contribution >= 0.6 is 0 Å². The van der Waals surface area contributed by atoms with Crippen LogP contribution in [-0.4, -0.2) is 28.9 Å². The number of aromatic nitrogens is 2. The second kappa shape index (κ2) is 6.75. The molecule has 22 heavy (non-hydrogen) atoms. The highest BCUT2D eigenvalue weighted by atomic mass is 16.5. The third-order valence-electron chi connectivity index (χ3n) is 3.18. The number of rotatable bonds is 4. The molecular formula is C15H18N4O3. The van der Waals surface area contributed by atoms with Gasteiger partial charge >= 0.3 is 12.0 Å². The second-order valence-electron chi connectivity index (χ2n) is 4.79. The van der Waals surface area contributed by atoms with Gasteiger partial charge in [-0.3, -0.25) is 10.00 Å². The van der Waals surface area contributed by atoms with Crippen LogP contribution in [0.1, 0.15) is 21.6 Å². The van der Waals surface area contributed by atoms with Crippen LogP contribution in [0.2, 0.25) is 0 Å². The number of nitrogens with one attached hydrogen (secondary N) is 2. The van der Waals surface area contributed by atoms with Gasteiger partial charge < -0.3 is 10.1 Å². The van der Waals surface area contributed by atoms with Gasteiger partial charge in [0.1, 0.15) is 0 Å². The molecule has 1 aromatic carbocycles. The van der Waals surface area contributed by atoms with Gasteiger partial charge in [-0.1, -0.05) is 12.1 Å². The standard InChI is InChI=1S/C15H18N4O3/c1-10-8-13(18-19(10)2)17-15(21)16-9-11-4-6-12(7-5-11)14(20)22-3/h4-8H,9H2,1-3H3,(H2,16,17,18,21). The highest BCUT2D eigenvalue weighted by molar-refractivity contribution is 5.89. The molecule has 1 aromatic heterocycles. The Morgan fingerprint density at radius 1 is 1.27 bits per heavy atom. The average Bonchev–Trinajstić information content (AvgIpc) is 2.82. The number of esters is 1. The molecular weight excluding hydrogens is 284 g/mol. The van der Waals surface area contributed by atoms with Gasteiger partial charge in [-0.2, -0.15) is 5.10 Å². The van der Waals surface area contributed by atoms with E-state index in [0.717, 1.165) is 11.3 Å². The monoisotopic (exact) mass is 302 g/mol. The first-order valence-corrected chi connectivity index (χ1v) is 6.72. The molecule has 0 fully saturated rings. The number of hydrogen-bond donors (Lipinski definition) is 2. The number of urea groups is 1. The Bertz CT molecular complexity index is 657. The SMILES string of the molecule is COC(=O)c1ccc(CNC(=O)Nc2cc(C)n(C)n2)cc1. The van der Waals surface area contributed by atoms with Crippen LogP contribution < -0.4 is 10.6 Å². The first kappa shape index (κ1) is 15.6. The van der Waals surface area contributed by atoms with E-state index in [9.17, 15) is 9.59 Å². The number of benzene rings is 1. The van der Waals surface area contributed by atoms with Crippen molar-refractivity contribution in [2.75, 3.05) is 12.4 Å². The quantitative estimate of drug-likeness (QED) is 0.844. The van der Waals surface area contributed by atoms with E-state index in [4.69, 9.17) is 0 Å². The van der Waals surface area contributed by atoms with Gasteiger partial charge in [-0.05, 0) is 24.6 Å². The van der Waals surface area contributed by atoms with Gasteiger partial charge in [-0.25, -0.2) is 9.59 Å². The lowest BCUT2D eigenvalue weighted by atomic mass is 10.1. The molecule has 0 spiro atoms. The van der Waals surface area contributed by atoms with E-state index < -0.39 is 0 Å². The zero-order chi connectivity index (χ0) is 16.1. The van der Waals surface area contributed by atoms with Crippen molar-refractivity contribution < 1.29 is 14.3 Å². The molecule has 0 saturated heterocycles. The zero-order valence-corrected chi connectivity index (χ0v) is 12.7. The van der Waals surface area contributed by atoms with E-state index in [-0.39, 0.29) is 12.0 Å². The Morgan fingerprint density at radius 2 is 1.95 bits per heavy atom. The van der Waals surface area contributed by atoms with Crippen LogP contribution in [0.3, 0.4) is 0 Å². The summed E-state index contributed by atoms with van der Waals surface area (Å²) in [6.45, 7) is 2.25. The minimum absolute atomic E-state index is 0.338. The predicted molar refractivity (Wildman–Crippen MR) is 81.6 cm³/mol. The first-order chi connectivity index (χ1) is 10.5. The summed E-state index contributed by atoms with van der Waals surface area (Å²) in [5, 5.41) is 9.52. The summed E-state index contributed by atoms with van der Waals surface area (Å²) in [6.07, 6.45) is 0. The fraction of sp³-hybridized carbons (Fsp3) is 0.267. The predicted octanol–water partition coefficient (Wildman–Crippen LogP) is 1.84. The number of aryl methyl sites for hydroxylation is 2. The lowest BCUT2D eigenvalue weighted by molar-refractivity contribution is 0.0600. The fourth-order valence-electron chi connectivity index (χ4n) is 1.84. The molecule has 2 N–H and O–H groups in total. The molecule has 0 unspecified atom stereocenters. The number of ether oxygens (including phenoxy) is 1. The van der Waals surface area contributed by atoms with Crippen LogP contribution in [0, 0.1) is 6.92 Å². The van der Waals surface area contributed by atoms with Crippen LogP contribution in [0.15, 0.2) is 30.3 Å². The number of carbonyl (C=O) groups is 2. The summed E-state index contributed by atoms with van der Waals surface area (Å²) >= 11 is 0. The summed E-state index contributed by atoms with van der Waals surface area (Å²) in [7, 11) is 3.14. The van der Waals surface area contributed by atoms with Gasteiger partial charge in [-0.15, -0.1) is 0 Å². The summed E-state index contributed by atoms with van der Waals surface area (Å²) in [6, 6.07) is 8.28. The maximum Gasteiger partial charge on any atom is 0.337 e. The number of amides is 2. The minimum atomic E-state index is -0.386. The first-order valence-electron chi connectivity index (χ1n) is 6.72. The van der Waals surface area contributed by atoms with Crippen molar-refractivity contribution in [3.63, 3.8) is 0 Å². The molecule has 0 aliphatic carbocycles. The molecule has 2 amide bonds. The topological polar surface area (TPSA) is 85.2 Å². The number of nitrogens with zero attached hydrogens (tertiary/aromatic N) is 2. The van der Waals surface area contributed by atoms with Crippen LogP contribution in [-0.2, 0) is 18.3 Å². The minimum Gasteiger partial charge on any atom is -0.465 e. The van der Waals surface area contributed by atoms with E-state index >= 15 is 0 Å². The van der Waals surface area contributed by atoms with E-state index in [2.05, 4.69) is 20.5 Å². The third kappa shape index (κ3) is 3.85. The molecule has 0 aliphatic rings. The molecule has 0 radical (unpaired) electrons. The van der Waals surface area contributed by atoms with E-state index in [1.807, 2.05) is 6.92 Å². The molecule has 1 heterocycles. The Morgan fingerprint density at radius 3 is 2.50 bits per heavy atom. The Balaban J connectivity index is 1.87. The largest absolute Gasteiger partial charge is 0.465 e. The van der Waals surface area contributed by atoms with Gasteiger partial charge in [0.2, 0.25) is 0 Å². The number of methoxy groups -OCH3 is 1. The molecule has 0 bridgehead atoms. The molecule has 7 nitrogen and oxygen atoms in total. The normalized spacial score (nSPS) is 10.1. The highest BCUT2D eigenvalue weighted by Gasteiger charge is 2.07. The molecule has 0 atom stereocenters. The smallest absolute Gasteiger partial charge is 0.337 e. The van der Waals surface area contributed by atoms with Gasteiger partial charge in [0.15, 0.2) is 5.82 Å². The summed E-state index contributed by atoms with van der Waals surface area (Å²) in [5.74, 6) is 0.112. The van der Waals surface area contributed by atoms with Crippen molar-refractivity contribution in [3.8, 4) is 0 Å². The summed E-state index contributed by atoms with van der Waals surface area (Å²) in [5.41, 5.74) is 2.30. The lowest BCUT2D eigenvalue weighted by Crippen LogP contribution is -2.28. The van der Waals surface area contributed by atoms with Crippen LogP contribution in [0.5, 0.6) is 0 Å². The molecule has 7 heteroatoms. The number of anilines is 1. The Kier molecular flexibility index (Phi) is 4.77. The molecule has 2 aromatic rings. The molecule has 0 saturated carbocycles.